The molecule has 0 unspecified atom stereocenters. The van der Waals surface area contributed by atoms with E-state index in [0.29, 0.717) is 6.42 Å². The normalized spacial score (nSPS) is 15.5. The van der Waals surface area contributed by atoms with E-state index in [2.05, 4.69) is 0 Å². The number of aliphatic hydroxyl groups is 1. The van der Waals surface area contributed by atoms with Gasteiger partial charge in [-0.05, 0) is 12.8 Å². The molecule has 0 rings (SSSR count). The van der Waals surface area contributed by atoms with Crippen LogP contribution >= 0.6 is 11.8 Å². The van der Waals surface area contributed by atoms with Crippen LogP contribution in [0.3, 0.4) is 0 Å². The molecule has 0 aliphatic rings. The molecular formula is C17H25NO7S. The third kappa shape index (κ3) is 13.2. The smallest absolute Gasteiger partial charge is 0.321 e. The van der Waals surface area contributed by atoms with Gasteiger partial charge in [-0.2, -0.15) is 0 Å². The predicted octanol–water partition coefficient (Wildman–Crippen LogP) is 1.26. The van der Waals surface area contributed by atoms with Crippen molar-refractivity contribution >= 4 is 29.7 Å². The Morgan fingerprint density at radius 3 is 2.23 bits per heavy atom. The fourth-order valence-corrected chi connectivity index (χ4v) is 2.89. The third-order valence-electron chi connectivity index (χ3n) is 3.12. The summed E-state index contributed by atoms with van der Waals surface area (Å²) in [6.45, 7) is 0. The van der Waals surface area contributed by atoms with Crippen molar-refractivity contribution in [1.82, 2.24) is 0 Å². The van der Waals surface area contributed by atoms with Gasteiger partial charge in [-0.15, -0.1) is 11.8 Å². The van der Waals surface area contributed by atoms with Crippen LogP contribution in [0.2, 0.25) is 0 Å². The molecule has 0 heterocycles. The fourth-order valence-electron chi connectivity index (χ4n) is 1.76. The third-order valence-corrected chi connectivity index (χ3v) is 4.53. The van der Waals surface area contributed by atoms with E-state index in [1.807, 2.05) is 0 Å². The Kier molecular flexibility index (Phi) is 13.0. The minimum Gasteiger partial charge on any atom is -0.481 e. The van der Waals surface area contributed by atoms with Gasteiger partial charge in [0.25, 0.3) is 0 Å². The van der Waals surface area contributed by atoms with Crippen molar-refractivity contribution in [3.05, 3.63) is 36.5 Å². The van der Waals surface area contributed by atoms with Crippen molar-refractivity contribution in [2.45, 2.75) is 43.1 Å². The maximum absolute atomic E-state index is 10.8. The van der Waals surface area contributed by atoms with Crippen LogP contribution in [0.15, 0.2) is 36.5 Å². The monoisotopic (exact) mass is 387 g/mol. The summed E-state index contributed by atoms with van der Waals surface area (Å²) < 4.78 is 0. The number of allylic oxidation sites excluding steroid dienone is 4. The number of rotatable bonds is 14. The first-order chi connectivity index (χ1) is 12.2. The number of carboxylic acid groups (broad SMARTS) is 3. The SMILES string of the molecule is N[C@@H](CS[C@H](/C=C/C=C/C=C\CC(=O)O)[C@@H](O)CCCC(=O)O)C(=O)O. The second-order valence-electron chi connectivity index (χ2n) is 5.39. The number of carboxylic acids is 3. The molecule has 0 radical (unpaired) electrons. The van der Waals surface area contributed by atoms with Crippen molar-refractivity contribution in [2.75, 3.05) is 5.75 Å². The average molecular weight is 387 g/mol. The lowest BCUT2D eigenvalue weighted by atomic mass is 10.1. The Bertz CT molecular complexity index is 545. The summed E-state index contributed by atoms with van der Waals surface area (Å²) in [6.07, 6.45) is 9.24. The van der Waals surface area contributed by atoms with E-state index in [0.717, 1.165) is 0 Å². The molecule has 0 aliphatic carbocycles. The lowest BCUT2D eigenvalue weighted by molar-refractivity contribution is -0.138. The van der Waals surface area contributed by atoms with E-state index in [1.165, 1.54) is 17.8 Å². The Hall–Kier alpha value is -2.10. The number of nitrogens with two attached hydrogens (primary N) is 1. The number of aliphatic hydroxyl groups excluding tert-OH is 1. The molecule has 0 amide bonds. The quantitative estimate of drug-likeness (QED) is 0.277. The van der Waals surface area contributed by atoms with Crippen LogP contribution in [0, 0.1) is 0 Å². The van der Waals surface area contributed by atoms with Crippen molar-refractivity contribution in [2.24, 2.45) is 5.73 Å². The maximum Gasteiger partial charge on any atom is 0.321 e. The molecule has 26 heavy (non-hydrogen) atoms. The van der Waals surface area contributed by atoms with Gasteiger partial charge in [0, 0.05) is 17.4 Å². The molecule has 6 N–H and O–H groups in total. The van der Waals surface area contributed by atoms with Crippen molar-refractivity contribution in [3.8, 4) is 0 Å². The van der Waals surface area contributed by atoms with Crippen LogP contribution in [0.5, 0.6) is 0 Å². The largest absolute Gasteiger partial charge is 0.481 e. The second-order valence-corrected chi connectivity index (χ2v) is 6.60. The summed E-state index contributed by atoms with van der Waals surface area (Å²) in [5, 5.41) is 35.7. The van der Waals surface area contributed by atoms with E-state index >= 15 is 0 Å². The average Bonchev–Trinajstić information content (AvgIpc) is 2.55. The Labute approximate surface area is 156 Å². The van der Waals surface area contributed by atoms with Gasteiger partial charge in [0.1, 0.15) is 6.04 Å². The van der Waals surface area contributed by atoms with Gasteiger partial charge in [-0.25, -0.2) is 0 Å². The Balaban J connectivity index is 4.68. The topological polar surface area (TPSA) is 158 Å². The molecule has 0 spiro atoms. The number of hydrogen-bond acceptors (Lipinski definition) is 6. The minimum absolute atomic E-state index is 0.0545. The summed E-state index contributed by atoms with van der Waals surface area (Å²) in [6, 6.07) is -1.06. The van der Waals surface area contributed by atoms with Crippen molar-refractivity contribution < 1.29 is 34.8 Å². The van der Waals surface area contributed by atoms with Crippen LogP contribution in [0.1, 0.15) is 25.7 Å². The zero-order valence-corrected chi connectivity index (χ0v) is 15.0. The van der Waals surface area contributed by atoms with E-state index < -0.39 is 35.3 Å². The van der Waals surface area contributed by atoms with Crippen LogP contribution in [0.25, 0.3) is 0 Å². The first-order valence-corrected chi connectivity index (χ1v) is 9.00. The van der Waals surface area contributed by atoms with Gasteiger partial charge in [0.05, 0.1) is 12.5 Å². The Morgan fingerprint density at radius 2 is 1.65 bits per heavy atom. The van der Waals surface area contributed by atoms with E-state index in [-0.39, 0.29) is 25.0 Å². The Morgan fingerprint density at radius 1 is 1.00 bits per heavy atom. The molecule has 3 atom stereocenters. The molecule has 0 fully saturated rings. The second kappa shape index (κ2) is 14.1. The van der Waals surface area contributed by atoms with Gasteiger partial charge in [-0.3, -0.25) is 14.4 Å². The molecule has 0 bridgehead atoms. The van der Waals surface area contributed by atoms with Crippen molar-refractivity contribution in [3.63, 3.8) is 0 Å². The first kappa shape index (κ1) is 23.9. The van der Waals surface area contributed by atoms with Gasteiger partial charge in [0.15, 0.2) is 0 Å². The summed E-state index contributed by atoms with van der Waals surface area (Å²) >= 11 is 1.18. The molecule has 0 aromatic rings. The van der Waals surface area contributed by atoms with E-state index in [9.17, 15) is 19.5 Å². The number of hydrogen-bond donors (Lipinski definition) is 5. The highest BCUT2D eigenvalue weighted by atomic mass is 32.2. The zero-order valence-electron chi connectivity index (χ0n) is 14.2. The highest BCUT2D eigenvalue weighted by Gasteiger charge is 2.20. The molecule has 9 heteroatoms. The maximum atomic E-state index is 10.8. The van der Waals surface area contributed by atoms with Crippen LogP contribution in [0.4, 0.5) is 0 Å². The molecular weight excluding hydrogens is 362 g/mol. The summed E-state index contributed by atoms with van der Waals surface area (Å²) in [7, 11) is 0. The predicted molar refractivity (Wildman–Crippen MR) is 99.0 cm³/mol. The number of thioether (sulfide) groups is 1. The number of aliphatic carboxylic acids is 3. The molecule has 0 saturated heterocycles. The highest BCUT2D eigenvalue weighted by Crippen LogP contribution is 2.21. The molecule has 0 aliphatic heterocycles. The van der Waals surface area contributed by atoms with E-state index in [1.54, 1.807) is 30.4 Å². The fraction of sp³-hybridized carbons (Fsp3) is 0.471. The first-order valence-electron chi connectivity index (χ1n) is 7.95. The van der Waals surface area contributed by atoms with Gasteiger partial charge < -0.3 is 26.2 Å². The lowest BCUT2D eigenvalue weighted by Crippen LogP contribution is -2.34. The lowest BCUT2D eigenvalue weighted by Gasteiger charge is -2.20. The van der Waals surface area contributed by atoms with Crippen LogP contribution in [-0.4, -0.2) is 61.5 Å². The molecule has 0 aromatic carbocycles. The summed E-state index contributed by atoms with van der Waals surface area (Å²) in [4.78, 5) is 31.7. The standard InChI is InChI=1S/C17H25NO7S/c18-12(17(24)25)11-26-14(13(19)7-6-10-16(22)23)8-4-2-1-3-5-9-15(20)21/h1-5,8,12-14,19H,6-7,9-11,18H2,(H,20,21)(H,22,23)(H,24,25)/b2-1+,5-3-,8-4+/t12-,13-,14+/m0/s1. The zero-order chi connectivity index (χ0) is 19.9. The molecule has 0 saturated carbocycles. The minimum atomic E-state index is -1.14. The van der Waals surface area contributed by atoms with Gasteiger partial charge >= 0.3 is 17.9 Å². The van der Waals surface area contributed by atoms with Crippen molar-refractivity contribution in [1.29, 1.82) is 0 Å². The van der Waals surface area contributed by atoms with Gasteiger partial charge in [-0.1, -0.05) is 36.5 Å². The number of carbonyl (C=O) groups is 3. The van der Waals surface area contributed by atoms with Gasteiger partial charge in [0.2, 0.25) is 0 Å². The van der Waals surface area contributed by atoms with Crippen LogP contribution < -0.4 is 5.73 Å². The molecule has 146 valence electrons. The molecule has 0 aromatic heterocycles. The van der Waals surface area contributed by atoms with Crippen LogP contribution in [-0.2, 0) is 14.4 Å². The highest BCUT2D eigenvalue weighted by molar-refractivity contribution is 8.00. The van der Waals surface area contributed by atoms with E-state index in [4.69, 9.17) is 21.1 Å². The summed E-state index contributed by atoms with van der Waals surface area (Å²) in [5.41, 5.74) is 5.46. The molecule has 8 nitrogen and oxygen atoms in total. The summed E-state index contributed by atoms with van der Waals surface area (Å²) in [5.74, 6) is -2.91.